The fraction of sp³-hybridized carbons (Fsp3) is 0.870. The van der Waals surface area contributed by atoms with Gasteiger partial charge in [-0.05, 0) is 24.2 Å². The Hall–Kier alpha value is -1.97. The lowest BCUT2D eigenvalue weighted by Gasteiger charge is -2.45. The maximum absolute atomic E-state index is 13.4. The first-order chi connectivity index (χ1) is 17.3. The van der Waals surface area contributed by atoms with Crippen LogP contribution in [-0.2, 0) is 52.4 Å². The van der Waals surface area contributed by atoms with E-state index in [1.54, 1.807) is 0 Å². The minimum atomic E-state index is -6.26. The predicted octanol–water partition coefficient (Wildman–Crippen LogP) is 2.36. The summed E-state index contributed by atoms with van der Waals surface area (Å²) in [5, 5.41) is 0. The van der Waals surface area contributed by atoms with Crippen LogP contribution >= 0.6 is 0 Å². The maximum Gasteiger partial charge on any atom is 0.523 e. The highest BCUT2D eigenvalue weighted by atomic mass is 32.2. The van der Waals surface area contributed by atoms with Gasteiger partial charge in [-0.2, -0.15) is 21.6 Å². The minimum absolute atomic E-state index is 0.103. The molecule has 15 heteroatoms. The van der Waals surface area contributed by atoms with Crippen molar-refractivity contribution in [1.29, 1.82) is 0 Å². The molecule has 216 valence electrons. The number of rotatable bonds is 5. The van der Waals surface area contributed by atoms with Gasteiger partial charge >= 0.3 is 33.5 Å². The van der Waals surface area contributed by atoms with E-state index < -0.39 is 81.4 Å². The second-order valence-corrected chi connectivity index (χ2v) is 12.7. The van der Waals surface area contributed by atoms with Gasteiger partial charge in [-0.25, -0.2) is 0 Å². The molecule has 0 unspecified atom stereocenters. The number of esters is 3. The Labute approximate surface area is 217 Å². The Morgan fingerprint density at radius 1 is 0.816 bits per heavy atom. The minimum Gasteiger partial charge on any atom is -0.456 e. The van der Waals surface area contributed by atoms with Gasteiger partial charge in [0.1, 0.15) is 18.3 Å². The SMILES string of the molecule is CC(=O)O[C@@H]1[C@@H](OC(C)=O)[C@H](OS(=O)(=O)C(F)(F)F)[C@@H]2O[C@@]3(C[C@H]4CC[C@]3(C)C4(C)C)O[C@@H]2[C@H]1OC(C)=O. The Balaban J connectivity index is 1.86. The highest BCUT2D eigenvalue weighted by molar-refractivity contribution is 7.87. The zero-order valence-electron chi connectivity index (χ0n) is 21.7. The van der Waals surface area contributed by atoms with Crippen LogP contribution in [0.1, 0.15) is 60.8 Å². The van der Waals surface area contributed by atoms with Crippen LogP contribution in [0.25, 0.3) is 0 Å². The van der Waals surface area contributed by atoms with E-state index in [4.69, 9.17) is 23.7 Å². The standard InChI is InChI=1S/C23H31F3O11S/c1-10(27)32-14-15(33-11(2)28)17-18(19(16(14)34-12(3)29)37-38(30,31)23(24,25)26)36-22(35-17)9-13-7-8-21(22,6)20(13,4)5/h13-19H,7-9H2,1-6H3/t13-,14+,15+,16-,17-,18-,19+,21-,22-/m1/s1. The van der Waals surface area contributed by atoms with E-state index in [9.17, 15) is 36.0 Å². The summed E-state index contributed by atoms with van der Waals surface area (Å²) in [5.74, 6) is -4.19. The molecular formula is C23H31F3O11S. The van der Waals surface area contributed by atoms with Crippen molar-refractivity contribution in [3.05, 3.63) is 0 Å². The van der Waals surface area contributed by atoms with E-state index >= 15 is 0 Å². The van der Waals surface area contributed by atoms with Crippen molar-refractivity contribution >= 4 is 28.0 Å². The molecule has 0 aromatic rings. The largest absolute Gasteiger partial charge is 0.523 e. The quantitative estimate of drug-likeness (QED) is 0.207. The highest BCUT2D eigenvalue weighted by Crippen LogP contribution is 2.73. The average molecular weight is 573 g/mol. The summed E-state index contributed by atoms with van der Waals surface area (Å²) in [6.45, 7) is 8.88. The van der Waals surface area contributed by atoms with E-state index in [-0.39, 0.29) is 11.3 Å². The average Bonchev–Trinajstić information content (AvgIpc) is 3.28. The smallest absolute Gasteiger partial charge is 0.456 e. The van der Waals surface area contributed by atoms with Gasteiger partial charge < -0.3 is 23.7 Å². The Morgan fingerprint density at radius 2 is 1.26 bits per heavy atom. The number of carbonyl (C=O) groups is 3. The van der Waals surface area contributed by atoms with Crippen LogP contribution in [0.4, 0.5) is 13.2 Å². The number of ether oxygens (including phenoxy) is 5. The summed E-state index contributed by atoms with van der Waals surface area (Å²) < 4.78 is 97.8. The summed E-state index contributed by atoms with van der Waals surface area (Å²) in [5.41, 5.74) is -6.84. The zero-order chi connectivity index (χ0) is 28.6. The summed E-state index contributed by atoms with van der Waals surface area (Å²) in [6.07, 6.45) is -8.64. The maximum atomic E-state index is 13.4. The van der Waals surface area contributed by atoms with Crippen LogP contribution in [0.15, 0.2) is 0 Å². The third-order valence-electron chi connectivity index (χ3n) is 8.81. The van der Waals surface area contributed by atoms with Crippen molar-refractivity contribution in [3.8, 4) is 0 Å². The molecule has 1 spiro atoms. The van der Waals surface area contributed by atoms with Crippen LogP contribution in [0.5, 0.6) is 0 Å². The van der Waals surface area contributed by atoms with E-state index in [2.05, 4.69) is 4.18 Å². The van der Waals surface area contributed by atoms with Gasteiger partial charge in [-0.3, -0.25) is 18.6 Å². The number of halogens is 3. The number of hydrogen-bond acceptors (Lipinski definition) is 11. The van der Waals surface area contributed by atoms with Crippen LogP contribution in [0.3, 0.4) is 0 Å². The molecule has 0 aromatic carbocycles. The summed E-state index contributed by atoms with van der Waals surface area (Å²) in [4.78, 5) is 36.1. The van der Waals surface area contributed by atoms with E-state index in [1.165, 1.54) is 0 Å². The van der Waals surface area contributed by atoms with Gasteiger partial charge in [0.25, 0.3) is 0 Å². The lowest BCUT2D eigenvalue weighted by Crippen LogP contribution is -2.66. The molecule has 1 aliphatic heterocycles. The predicted molar refractivity (Wildman–Crippen MR) is 118 cm³/mol. The third kappa shape index (κ3) is 4.29. The molecule has 2 bridgehead atoms. The van der Waals surface area contributed by atoms with Crippen molar-refractivity contribution < 1.29 is 63.8 Å². The Bertz CT molecular complexity index is 1120. The topological polar surface area (TPSA) is 141 Å². The number of carbonyl (C=O) groups excluding carboxylic acids is 3. The highest BCUT2D eigenvalue weighted by Gasteiger charge is 2.77. The molecule has 1 heterocycles. The molecule has 3 saturated carbocycles. The van der Waals surface area contributed by atoms with Gasteiger partial charge in [0, 0.05) is 32.6 Å². The molecular weight excluding hydrogens is 541 g/mol. The first-order valence-corrected chi connectivity index (χ1v) is 13.5. The van der Waals surface area contributed by atoms with Crippen LogP contribution < -0.4 is 0 Å². The lowest BCUT2D eigenvalue weighted by molar-refractivity contribution is -0.257. The van der Waals surface area contributed by atoms with Gasteiger partial charge in [0.2, 0.25) is 0 Å². The molecule has 0 amide bonds. The van der Waals surface area contributed by atoms with Crippen molar-refractivity contribution in [1.82, 2.24) is 0 Å². The van der Waals surface area contributed by atoms with Crippen LogP contribution in [0.2, 0.25) is 0 Å². The zero-order valence-corrected chi connectivity index (χ0v) is 22.5. The lowest BCUT2D eigenvalue weighted by atomic mass is 9.68. The van der Waals surface area contributed by atoms with Gasteiger partial charge in [-0.1, -0.05) is 20.8 Å². The third-order valence-corrected chi connectivity index (χ3v) is 9.86. The fourth-order valence-corrected chi connectivity index (χ4v) is 7.31. The second kappa shape index (κ2) is 9.03. The van der Waals surface area contributed by atoms with E-state index in [1.807, 2.05) is 20.8 Å². The van der Waals surface area contributed by atoms with Crippen molar-refractivity contribution in [2.45, 2.75) is 109 Å². The van der Waals surface area contributed by atoms with Crippen molar-refractivity contribution in [2.75, 3.05) is 0 Å². The molecule has 4 aliphatic rings. The van der Waals surface area contributed by atoms with Gasteiger partial charge in [-0.15, -0.1) is 0 Å². The molecule has 3 aliphatic carbocycles. The molecule has 4 fully saturated rings. The summed E-state index contributed by atoms with van der Waals surface area (Å²) >= 11 is 0. The molecule has 9 atom stereocenters. The summed E-state index contributed by atoms with van der Waals surface area (Å²) in [6, 6.07) is 0. The molecule has 11 nitrogen and oxygen atoms in total. The number of alkyl halides is 3. The monoisotopic (exact) mass is 572 g/mol. The summed E-state index contributed by atoms with van der Waals surface area (Å²) in [7, 11) is -6.26. The normalized spacial score (nSPS) is 41.6. The molecule has 4 rings (SSSR count). The van der Waals surface area contributed by atoms with Crippen molar-refractivity contribution in [3.63, 3.8) is 0 Å². The van der Waals surface area contributed by atoms with Crippen LogP contribution in [0, 0.1) is 16.7 Å². The fourth-order valence-electron chi connectivity index (χ4n) is 6.69. The molecule has 1 saturated heterocycles. The van der Waals surface area contributed by atoms with Crippen molar-refractivity contribution in [2.24, 2.45) is 16.7 Å². The Morgan fingerprint density at radius 3 is 1.66 bits per heavy atom. The van der Waals surface area contributed by atoms with E-state index in [0.717, 1.165) is 27.2 Å². The van der Waals surface area contributed by atoms with Gasteiger partial charge in [0.05, 0.1) is 0 Å². The number of fused-ring (bicyclic) bond motifs is 4. The Kier molecular flexibility index (Phi) is 6.90. The number of hydrogen-bond donors (Lipinski definition) is 0. The molecule has 0 N–H and O–H groups in total. The first kappa shape index (κ1) is 29.0. The van der Waals surface area contributed by atoms with Gasteiger partial charge in [0.15, 0.2) is 24.1 Å². The second-order valence-electron chi connectivity index (χ2n) is 11.1. The molecule has 0 aromatic heterocycles. The first-order valence-electron chi connectivity index (χ1n) is 12.1. The molecule has 38 heavy (non-hydrogen) atoms. The van der Waals surface area contributed by atoms with Crippen LogP contribution in [-0.4, -0.2) is 74.2 Å². The molecule has 0 radical (unpaired) electrons. The van der Waals surface area contributed by atoms with E-state index in [0.29, 0.717) is 12.8 Å².